The van der Waals surface area contributed by atoms with Crippen molar-refractivity contribution in [2.24, 2.45) is 5.73 Å². The van der Waals surface area contributed by atoms with Gasteiger partial charge in [-0.05, 0) is 70.0 Å². The van der Waals surface area contributed by atoms with Crippen LogP contribution in [-0.2, 0) is 19.0 Å². The Morgan fingerprint density at radius 3 is 2.37 bits per heavy atom. The smallest absolute Gasteiger partial charge is 0.320 e. The fraction of sp³-hybridized carbons (Fsp3) is 0.526. The van der Waals surface area contributed by atoms with Gasteiger partial charge < -0.3 is 40.3 Å². The Morgan fingerprint density at radius 2 is 1.69 bits per heavy atom. The van der Waals surface area contributed by atoms with Crippen molar-refractivity contribution in [1.29, 1.82) is 10.8 Å². The number of hydrogen-bond acceptors (Lipinski definition) is 12. The molecule has 13 nitrogen and oxygen atoms in total. The summed E-state index contributed by atoms with van der Waals surface area (Å²) in [5.74, 6) is -0.225. The van der Waals surface area contributed by atoms with Gasteiger partial charge in [-0.1, -0.05) is 18.2 Å². The minimum atomic E-state index is -0.452. The van der Waals surface area contributed by atoms with E-state index in [9.17, 15) is 9.90 Å². The van der Waals surface area contributed by atoms with E-state index in [0.29, 0.717) is 57.3 Å². The number of rotatable bonds is 16. The number of phenolic OH excluding ortho intramolecular Hbond substituents is 1. The van der Waals surface area contributed by atoms with Crippen LogP contribution >= 0.6 is 0 Å². The van der Waals surface area contributed by atoms with Gasteiger partial charge in [-0.3, -0.25) is 25.0 Å². The van der Waals surface area contributed by atoms with Gasteiger partial charge in [0.25, 0.3) is 0 Å². The number of piperazine rings is 2. The number of fused-ring (bicyclic) bond motifs is 2. The van der Waals surface area contributed by atoms with Crippen molar-refractivity contribution < 1.29 is 24.1 Å². The van der Waals surface area contributed by atoms with Crippen molar-refractivity contribution in [2.45, 2.75) is 51.3 Å². The molecule has 2 atom stereocenters. The highest BCUT2D eigenvalue weighted by Crippen LogP contribution is 2.36. The standard InChI is InChI=1S/C38H54N8O5/c1-38(2,3)51-36(48)27-44-16-14-43(15-17-44)18-20-50-22-21-49-19-6-7-28-23-29(12-13-42-28)46-30-10-11-31(46)26-45(25-30)34(37(40)41)24-33(39)32-8-4-5-9-35(32)47/h4-9,12-13,23-24,30-31,39,47H,10-11,14-22,25-27H2,1-3H3,(H3,40,41)/b7-6+,34-24+,39-33?. The van der Waals surface area contributed by atoms with E-state index >= 15 is 0 Å². The van der Waals surface area contributed by atoms with Crippen LogP contribution in [0.15, 0.2) is 60.4 Å². The summed E-state index contributed by atoms with van der Waals surface area (Å²) in [5, 5.41) is 27.0. The van der Waals surface area contributed by atoms with Gasteiger partial charge >= 0.3 is 5.97 Å². The van der Waals surface area contributed by atoms with E-state index in [1.54, 1.807) is 30.3 Å². The molecular weight excluding hydrogens is 648 g/mol. The molecule has 2 aromatic rings. The number of ether oxygens (including phenoxy) is 3. The molecule has 3 aliphatic rings. The molecule has 3 saturated heterocycles. The zero-order chi connectivity index (χ0) is 36.4. The predicted molar refractivity (Wildman–Crippen MR) is 199 cm³/mol. The van der Waals surface area contributed by atoms with Crippen molar-refractivity contribution >= 4 is 29.3 Å². The Labute approximate surface area is 301 Å². The number of esters is 1. The van der Waals surface area contributed by atoms with Crippen LogP contribution in [-0.4, -0.2) is 139 Å². The number of allylic oxidation sites excluding steroid dienone is 1. The first-order chi connectivity index (χ1) is 24.5. The Balaban J connectivity index is 1.00. The van der Waals surface area contributed by atoms with Crippen LogP contribution in [0.1, 0.15) is 44.9 Å². The van der Waals surface area contributed by atoms with Gasteiger partial charge in [0.1, 0.15) is 17.2 Å². The van der Waals surface area contributed by atoms with Crippen LogP contribution in [0, 0.1) is 10.8 Å². The van der Waals surface area contributed by atoms with Crippen LogP contribution in [0.25, 0.3) is 6.08 Å². The first-order valence-electron chi connectivity index (χ1n) is 17.9. The molecule has 1 aromatic heterocycles. The van der Waals surface area contributed by atoms with Crippen molar-refractivity contribution in [3.8, 4) is 5.75 Å². The molecule has 51 heavy (non-hydrogen) atoms. The molecule has 0 aliphatic carbocycles. The fourth-order valence-electron chi connectivity index (χ4n) is 6.93. The average Bonchev–Trinajstić information content (AvgIpc) is 3.35. The van der Waals surface area contributed by atoms with Crippen molar-refractivity contribution in [2.75, 3.05) is 83.7 Å². The lowest BCUT2D eigenvalue weighted by Crippen LogP contribution is -2.54. The molecule has 276 valence electrons. The molecular formula is C38H54N8O5. The third-order valence-corrected chi connectivity index (χ3v) is 9.30. The van der Waals surface area contributed by atoms with Crippen molar-refractivity contribution in [3.05, 3.63) is 71.7 Å². The molecule has 3 fully saturated rings. The number of hydrogen-bond donors (Lipinski definition) is 4. The number of nitrogens with zero attached hydrogens (tertiary/aromatic N) is 5. The topological polar surface area (TPSA) is 165 Å². The number of aromatic hydroxyl groups is 1. The van der Waals surface area contributed by atoms with E-state index in [2.05, 4.69) is 30.6 Å². The lowest BCUT2D eigenvalue weighted by Gasteiger charge is -2.44. The molecule has 0 radical (unpaired) electrons. The molecule has 0 amide bonds. The van der Waals surface area contributed by atoms with Crippen molar-refractivity contribution in [3.63, 3.8) is 0 Å². The number of carbonyl (C=O) groups excluding carboxylic acids is 1. The number of pyridine rings is 1. The summed E-state index contributed by atoms with van der Waals surface area (Å²) in [5.41, 5.74) is 8.58. The van der Waals surface area contributed by atoms with Gasteiger partial charge in [0.15, 0.2) is 0 Å². The van der Waals surface area contributed by atoms with Gasteiger partial charge in [-0.15, -0.1) is 0 Å². The number of nitrogens with one attached hydrogen (secondary N) is 2. The number of amidine groups is 1. The minimum absolute atomic E-state index is 0.0297. The molecule has 5 rings (SSSR count). The Bertz CT molecular complexity index is 1550. The zero-order valence-electron chi connectivity index (χ0n) is 30.2. The average molecular weight is 703 g/mol. The van der Waals surface area contributed by atoms with Gasteiger partial charge in [-0.2, -0.15) is 0 Å². The maximum absolute atomic E-state index is 12.1. The third kappa shape index (κ3) is 11.1. The number of likely N-dealkylation sites (tertiary alicyclic amines) is 1. The second kappa shape index (κ2) is 17.8. The van der Waals surface area contributed by atoms with Gasteiger partial charge in [0, 0.05) is 75.3 Å². The molecule has 3 aliphatic heterocycles. The number of benzene rings is 1. The highest BCUT2D eigenvalue weighted by Gasteiger charge is 2.41. The van der Waals surface area contributed by atoms with E-state index in [1.165, 1.54) is 0 Å². The first kappa shape index (κ1) is 37.9. The molecule has 5 N–H and O–H groups in total. The summed E-state index contributed by atoms with van der Waals surface area (Å²) >= 11 is 0. The summed E-state index contributed by atoms with van der Waals surface area (Å²) < 4.78 is 17.0. The molecule has 0 saturated carbocycles. The van der Waals surface area contributed by atoms with Gasteiger partial charge in [0.05, 0.1) is 50.1 Å². The van der Waals surface area contributed by atoms with Crippen LogP contribution in [0.2, 0.25) is 0 Å². The molecule has 4 heterocycles. The van der Waals surface area contributed by atoms with Gasteiger partial charge in [-0.25, -0.2) is 0 Å². The Morgan fingerprint density at radius 1 is 1.00 bits per heavy atom. The monoisotopic (exact) mass is 702 g/mol. The highest BCUT2D eigenvalue weighted by molar-refractivity contribution is 6.12. The Hall–Kier alpha value is -4.30. The first-order valence-corrected chi connectivity index (χ1v) is 17.9. The number of nitrogens with two attached hydrogens (primary N) is 1. The summed E-state index contributed by atoms with van der Waals surface area (Å²) in [7, 11) is 0. The number of phenols is 1. The molecule has 13 heteroatoms. The van der Waals surface area contributed by atoms with Gasteiger partial charge in [0.2, 0.25) is 0 Å². The van der Waals surface area contributed by atoms with E-state index in [0.717, 1.165) is 56.9 Å². The summed E-state index contributed by atoms with van der Waals surface area (Å²) in [4.78, 5) is 25.7. The van der Waals surface area contributed by atoms with E-state index in [4.69, 9.17) is 30.8 Å². The Kier molecular flexibility index (Phi) is 13.2. The van der Waals surface area contributed by atoms with E-state index in [-0.39, 0.29) is 35.3 Å². The molecule has 0 spiro atoms. The van der Waals surface area contributed by atoms with Crippen LogP contribution < -0.4 is 10.6 Å². The number of carbonyl (C=O) groups is 1. The van der Waals surface area contributed by atoms with E-state index < -0.39 is 5.60 Å². The second-order valence-electron chi connectivity index (χ2n) is 14.3. The lowest BCUT2D eigenvalue weighted by molar-refractivity contribution is -0.156. The quantitative estimate of drug-likeness (QED) is 0.0878. The predicted octanol–water partition coefficient (Wildman–Crippen LogP) is 3.33. The normalized spacial score (nSPS) is 20.3. The minimum Gasteiger partial charge on any atom is -0.507 e. The van der Waals surface area contributed by atoms with Crippen molar-refractivity contribution in [1.82, 2.24) is 19.7 Å². The SMILES string of the molecule is CC(C)(C)OC(=O)CN1CCN(CCOCCOC/C=C/c2cc(N3C4CCC3CN(/C(=C/C(=N)c3ccccc3O)C(=N)N)C4)ccn2)CC1. The van der Waals surface area contributed by atoms with Crippen LogP contribution in [0.3, 0.4) is 0 Å². The van der Waals surface area contributed by atoms with E-state index in [1.807, 2.05) is 45.2 Å². The number of para-hydroxylation sites is 1. The number of aromatic nitrogens is 1. The van der Waals surface area contributed by atoms with Crippen LogP contribution in [0.4, 0.5) is 5.69 Å². The number of anilines is 1. The summed E-state index contributed by atoms with van der Waals surface area (Å²) in [6.45, 7) is 13.9. The maximum Gasteiger partial charge on any atom is 0.320 e. The zero-order valence-corrected chi connectivity index (χ0v) is 30.2. The molecule has 2 unspecified atom stereocenters. The fourth-order valence-corrected chi connectivity index (χ4v) is 6.93. The second-order valence-corrected chi connectivity index (χ2v) is 14.3. The summed E-state index contributed by atoms with van der Waals surface area (Å²) in [6, 6.07) is 11.4. The molecule has 1 aromatic carbocycles. The summed E-state index contributed by atoms with van der Waals surface area (Å²) in [6.07, 6.45) is 9.44. The highest BCUT2D eigenvalue weighted by atomic mass is 16.6. The lowest BCUT2D eigenvalue weighted by atomic mass is 10.1. The maximum atomic E-state index is 12.1. The molecule has 2 bridgehead atoms. The van der Waals surface area contributed by atoms with Crippen LogP contribution in [0.5, 0.6) is 5.75 Å². The largest absolute Gasteiger partial charge is 0.507 e. The third-order valence-electron chi connectivity index (χ3n) is 9.30.